The van der Waals surface area contributed by atoms with Crippen LogP contribution in [-0.2, 0) is 17.9 Å². The zero-order chi connectivity index (χ0) is 21.4. The first-order valence-corrected chi connectivity index (χ1v) is 11.0. The molecule has 3 aromatic rings. The van der Waals surface area contributed by atoms with Gasteiger partial charge in [0.1, 0.15) is 12.1 Å². The van der Waals surface area contributed by atoms with Crippen molar-refractivity contribution in [3.63, 3.8) is 0 Å². The van der Waals surface area contributed by atoms with Crippen LogP contribution in [-0.4, -0.2) is 48.9 Å². The number of thiophene rings is 1. The van der Waals surface area contributed by atoms with E-state index in [1.165, 1.54) is 20.5 Å². The zero-order valence-electron chi connectivity index (χ0n) is 17.0. The third kappa shape index (κ3) is 3.51. The van der Waals surface area contributed by atoms with E-state index in [1.54, 1.807) is 4.90 Å². The Morgan fingerprint density at radius 2 is 2.10 bits per heavy atom. The normalized spacial score (nSPS) is 16.9. The number of aryl methyl sites for hydroxylation is 1. The fourth-order valence-electron chi connectivity index (χ4n) is 3.99. The van der Waals surface area contributed by atoms with Crippen molar-refractivity contribution < 1.29 is 9.59 Å². The lowest BCUT2D eigenvalue weighted by atomic mass is 10.0. The van der Waals surface area contributed by atoms with Crippen LogP contribution in [0.2, 0.25) is 0 Å². The molecule has 10 heteroatoms. The number of likely N-dealkylation sites (tertiary alicyclic amines) is 1. The summed E-state index contributed by atoms with van der Waals surface area (Å²) in [6, 6.07) is 1.84. The summed E-state index contributed by atoms with van der Waals surface area (Å²) in [6.45, 7) is 5.44. The van der Waals surface area contributed by atoms with Gasteiger partial charge in [-0.15, -0.1) is 0 Å². The number of piperidine rings is 1. The summed E-state index contributed by atoms with van der Waals surface area (Å²) in [5, 5.41) is 3.74. The van der Waals surface area contributed by atoms with Crippen molar-refractivity contribution in [3.05, 3.63) is 33.0 Å². The number of carbonyl (C=O) groups is 2. The quantitative estimate of drug-likeness (QED) is 0.664. The topological polar surface area (TPSA) is 116 Å². The smallest absolute Gasteiger partial charge is 0.330 e. The van der Waals surface area contributed by atoms with E-state index in [0.29, 0.717) is 37.0 Å². The van der Waals surface area contributed by atoms with Gasteiger partial charge in [0, 0.05) is 30.6 Å². The second-order valence-corrected chi connectivity index (χ2v) is 8.42. The van der Waals surface area contributed by atoms with Gasteiger partial charge in [0.2, 0.25) is 5.91 Å². The minimum absolute atomic E-state index is 0.0506. The van der Waals surface area contributed by atoms with Gasteiger partial charge in [-0.1, -0.05) is 6.92 Å². The highest BCUT2D eigenvalue weighted by atomic mass is 32.1. The Morgan fingerprint density at radius 1 is 1.30 bits per heavy atom. The molecule has 4 heterocycles. The summed E-state index contributed by atoms with van der Waals surface area (Å²) in [4.78, 5) is 49.0. The summed E-state index contributed by atoms with van der Waals surface area (Å²) in [7, 11) is 0. The number of amides is 2. The van der Waals surface area contributed by atoms with Crippen molar-refractivity contribution in [2.24, 2.45) is 11.7 Å². The average Bonchev–Trinajstić information content (AvgIpc) is 3.34. The fourth-order valence-corrected chi connectivity index (χ4v) is 4.62. The number of aromatic nitrogens is 4. The maximum Gasteiger partial charge on any atom is 0.330 e. The standard InChI is InChI=1S/C20H24N6O3S/c1-3-25-19-16(15(17(21)28)22-18(23-19)13-6-8-30-11-13)26(20(25)29)10-14(27)24-7-4-5-12(2)9-24/h6,8,11-12H,3-5,7,9-10H2,1-2H3,(H2,21,28). The van der Waals surface area contributed by atoms with Crippen LogP contribution in [0.1, 0.15) is 37.2 Å². The lowest BCUT2D eigenvalue weighted by molar-refractivity contribution is -0.133. The third-order valence-corrected chi connectivity index (χ3v) is 6.17. The van der Waals surface area contributed by atoms with Crippen molar-refractivity contribution in [1.29, 1.82) is 0 Å². The number of imidazole rings is 1. The molecule has 1 aliphatic heterocycles. The van der Waals surface area contributed by atoms with Crippen LogP contribution < -0.4 is 11.4 Å². The first kappa shape index (κ1) is 20.3. The molecule has 1 saturated heterocycles. The SMILES string of the molecule is CCn1c(=O)n(CC(=O)N2CCCC(C)C2)c2c(C(N)=O)nc(-c3ccsc3)nc21. The second-order valence-electron chi connectivity index (χ2n) is 7.64. The van der Waals surface area contributed by atoms with E-state index in [2.05, 4.69) is 16.9 Å². The molecule has 0 aliphatic carbocycles. The molecule has 2 amide bonds. The molecule has 0 bridgehead atoms. The van der Waals surface area contributed by atoms with Crippen molar-refractivity contribution in [2.75, 3.05) is 13.1 Å². The zero-order valence-corrected chi connectivity index (χ0v) is 17.8. The van der Waals surface area contributed by atoms with Crippen LogP contribution in [0.5, 0.6) is 0 Å². The fraction of sp³-hybridized carbons (Fsp3) is 0.450. The molecule has 9 nitrogen and oxygen atoms in total. The van der Waals surface area contributed by atoms with Gasteiger partial charge in [-0.2, -0.15) is 11.3 Å². The van der Waals surface area contributed by atoms with Gasteiger partial charge >= 0.3 is 5.69 Å². The maximum atomic E-state index is 13.1. The number of nitrogens with two attached hydrogens (primary N) is 1. The van der Waals surface area contributed by atoms with Crippen LogP contribution in [0, 0.1) is 5.92 Å². The van der Waals surface area contributed by atoms with E-state index in [4.69, 9.17) is 5.73 Å². The van der Waals surface area contributed by atoms with Gasteiger partial charge in [-0.05, 0) is 37.1 Å². The van der Waals surface area contributed by atoms with Gasteiger partial charge in [0.15, 0.2) is 17.2 Å². The second kappa shape index (κ2) is 8.02. The average molecular weight is 429 g/mol. The molecular weight excluding hydrogens is 404 g/mol. The Balaban J connectivity index is 1.85. The number of hydrogen-bond donors (Lipinski definition) is 1. The summed E-state index contributed by atoms with van der Waals surface area (Å²) in [5.41, 5.74) is 6.44. The van der Waals surface area contributed by atoms with Crippen LogP contribution >= 0.6 is 11.3 Å². The predicted molar refractivity (Wildman–Crippen MR) is 114 cm³/mol. The minimum Gasteiger partial charge on any atom is -0.364 e. The molecule has 0 radical (unpaired) electrons. The molecule has 0 aromatic carbocycles. The minimum atomic E-state index is -0.764. The summed E-state index contributed by atoms with van der Waals surface area (Å²) in [6.07, 6.45) is 2.03. The van der Waals surface area contributed by atoms with E-state index in [0.717, 1.165) is 18.4 Å². The van der Waals surface area contributed by atoms with Crippen LogP contribution in [0.15, 0.2) is 21.6 Å². The van der Waals surface area contributed by atoms with Crippen molar-refractivity contribution in [2.45, 2.75) is 39.8 Å². The van der Waals surface area contributed by atoms with Gasteiger partial charge < -0.3 is 10.6 Å². The van der Waals surface area contributed by atoms with E-state index >= 15 is 0 Å². The first-order chi connectivity index (χ1) is 14.4. The van der Waals surface area contributed by atoms with Gasteiger partial charge in [-0.25, -0.2) is 14.8 Å². The first-order valence-electron chi connectivity index (χ1n) is 10.0. The van der Waals surface area contributed by atoms with Crippen LogP contribution in [0.3, 0.4) is 0 Å². The van der Waals surface area contributed by atoms with E-state index < -0.39 is 11.6 Å². The molecule has 3 aromatic heterocycles. The van der Waals surface area contributed by atoms with Crippen molar-refractivity contribution >= 4 is 34.3 Å². The molecular formula is C20H24N6O3S. The largest absolute Gasteiger partial charge is 0.364 e. The monoisotopic (exact) mass is 428 g/mol. The van der Waals surface area contributed by atoms with Crippen molar-refractivity contribution in [3.8, 4) is 11.4 Å². The molecule has 1 unspecified atom stereocenters. The van der Waals surface area contributed by atoms with E-state index in [9.17, 15) is 14.4 Å². The van der Waals surface area contributed by atoms with E-state index in [-0.39, 0.29) is 23.7 Å². The van der Waals surface area contributed by atoms with Gasteiger partial charge in [0.25, 0.3) is 5.91 Å². The Bertz CT molecular complexity index is 1160. The molecule has 4 rings (SSSR count). The van der Waals surface area contributed by atoms with Crippen LogP contribution in [0.25, 0.3) is 22.6 Å². The van der Waals surface area contributed by atoms with Crippen molar-refractivity contribution in [1.82, 2.24) is 24.0 Å². The summed E-state index contributed by atoms with van der Waals surface area (Å²) in [5.74, 6) is -0.168. The number of fused-ring (bicyclic) bond motifs is 1. The lowest BCUT2D eigenvalue weighted by Gasteiger charge is -2.31. The summed E-state index contributed by atoms with van der Waals surface area (Å²) < 4.78 is 2.74. The Hall–Kier alpha value is -3.01. The highest BCUT2D eigenvalue weighted by Gasteiger charge is 2.27. The Morgan fingerprint density at radius 3 is 2.73 bits per heavy atom. The van der Waals surface area contributed by atoms with Gasteiger partial charge in [0.05, 0.1) is 0 Å². The molecule has 2 N–H and O–H groups in total. The molecule has 1 fully saturated rings. The number of nitrogens with zero attached hydrogens (tertiary/aromatic N) is 5. The molecule has 0 spiro atoms. The highest BCUT2D eigenvalue weighted by Crippen LogP contribution is 2.24. The maximum absolute atomic E-state index is 13.1. The predicted octanol–water partition coefficient (Wildman–Crippen LogP) is 1.70. The highest BCUT2D eigenvalue weighted by molar-refractivity contribution is 7.08. The molecule has 1 atom stereocenters. The summed E-state index contributed by atoms with van der Waals surface area (Å²) >= 11 is 1.48. The van der Waals surface area contributed by atoms with E-state index in [1.807, 2.05) is 23.8 Å². The number of rotatable bonds is 5. The Kier molecular flexibility index (Phi) is 5.42. The molecule has 1 aliphatic rings. The van der Waals surface area contributed by atoms with Crippen LogP contribution in [0.4, 0.5) is 0 Å². The number of primary amides is 1. The number of hydrogen-bond acceptors (Lipinski definition) is 6. The number of carbonyl (C=O) groups excluding carboxylic acids is 2. The molecule has 158 valence electrons. The molecule has 30 heavy (non-hydrogen) atoms. The Labute approximate surface area is 177 Å². The van der Waals surface area contributed by atoms with Gasteiger partial charge in [-0.3, -0.25) is 18.7 Å². The third-order valence-electron chi connectivity index (χ3n) is 5.49. The lowest BCUT2D eigenvalue weighted by Crippen LogP contribution is -2.42. The molecule has 0 saturated carbocycles.